The monoisotopic (exact) mass is 141 g/mol. The van der Waals surface area contributed by atoms with Crippen molar-refractivity contribution in [2.75, 3.05) is 13.1 Å². The maximum absolute atomic E-state index is 2.57. The molecule has 0 spiro atoms. The maximum Gasteiger partial charge on any atom is 0.00693 e. The largest absolute Gasteiger partial charge is 0.301 e. The summed E-state index contributed by atoms with van der Waals surface area (Å²) in [6.45, 7) is 9.52. The molecule has 1 heteroatoms. The highest BCUT2D eigenvalue weighted by molar-refractivity contribution is 4.75. The molecule has 0 N–H and O–H groups in total. The highest BCUT2D eigenvalue weighted by atomic mass is 15.1. The highest BCUT2D eigenvalue weighted by Gasteiger charge is 2.20. The van der Waals surface area contributed by atoms with Gasteiger partial charge in [-0.3, -0.25) is 0 Å². The van der Waals surface area contributed by atoms with Crippen molar-refractivity contribution in [2.45, 2.75) is 39.7 Å². The first-order valence-electron chi connectivity index (χ1n) is 4.48. The van der Waals surface area contributed by atoms with E-state index in [0.717, 1.165) is 12.0 Å². The molecule has 1 aliphatic rings. The molecule has 60 valence electrons. The van der Waals surface area contributed by atoms with Gasteiger partial charge in [-0.15, -0.1) is 0 Å². The van der Waals surface area contributed by atoms with Gasteiger partial charge in [-0.2, -0.15) is 0 Å². The lowest BCUT2D eigenvalue weighted by molar-refractivity contribution is 0.136. The summed E-state index contributed by atoms with van der Waals surface area (Å²) in [5, 5.41) is 0. The van der Waals surface area contributed by atoms with Crippen molar-refractivity contribution in [2.24, 2.45) is 5.92 Å². The molecular weight excluding hydrogens is 122 g/mol. The zero-order valence-corrected chi connectivity index (χ0v) is 7.43. The van der Waals surface area contributed by atoms with Crippen molar-refractivity contribution in [3.8, 4) is 0 Å². The zero-order valence-electron chi connectivity index (χ0n) is 7.43. The average Bonchev–Trinajstić information content (AvgIpc) is 1.88. The summed E-state index contributed by atoms with van der Waals surface area (Å²) in [7, 11) is 0. The van der Waals surface area contributed by atoms with E-state index in [2.05, 4.69) is 25.7 Å². The van der Waals surface area contributed by atoms with Gasteiger partial charge >= 0.3 is 0 Å². The van der Waals surface area contributed by atoms with Crippen molar-refractivity contribution < 1.29 is 0 Å². The third-order valence-corrected chi connectivity index (χ3v) is 2.68. The summed E-state index contributed by atoms with van der Waals surface area (Å²) < 4.78 is 0. The van der Waals surface area contributed by atoms with Crippen LogP contribution in [0, 0.1) is 5.92 Å². The third kappa shape index (κ3) is 1.72. The second-order valence-electron chi connectivity index (χ2n) is 3.61. The summed E-state index contributed by atoms with van der Waals surface area (Å²) >= 11 is 0. The van der Waals surface area contributed by atoms with Gasteiger partial charge in [0.2, 0.25) is 0 Å². The van der Waals surface area contributed by atoms with Gasteiger partial charge in [-0.05, 0) is 38.8 Å². The van der Waals surface area contributed by atoms with E-state index >= 15 is 0 Å². The molecule has 0 unspecified atom stereocenters. The number of piperidine rings is 1. The van der Waals surface area contributed by atoms with Crippen LogP contribution in [0.25, 0.3) is 0 Å². The first-order chi connectivity index (χ1) is 4.74. The molecule has 1 fully saturated rings. The highest BCUT2D eigenvalue weighted by Crippen LogP contribution is 2.21. The molecule has 0 radical (unpaired) electrons. The number of likely N-dealkylation sites (tertiary alicyclic amines) is 1. The van der Waals surface area contributed by atoms with Gasteiger partial charge in [0.15, 0.2) is 0 Å². The van der Waals surface area contributed by atoms with Gasteiger partial charge < -0.3 is 4.90 Å². The van der Waals surface area contributed by atoms with Gasteiger partial charge in [0, 0.05) is 6.04 Å². The van der Waals surface area contributed by atoms with Crippen LogP contribution in [0.4, 0.5) is 0 Å². The van der Waals surface area contributed by atoms with E-state index in [-0.39, 0.29) is 0 Å². The Bertz CT molecular complexity index is 101. The smallest absolute Gasteiger partial charge is 0.00693 e. The van der Waals surface area contributed by atoms with Crippen LogP contribution in [0.15, 0.2) is 0 Å². The van der Waals surface area contributed by atoms with Gasteiger partial charge in [-0.25, -0.2) is 0 Å². The predicted octanol–water partition coefficient (Wildman–Crippen LogP) is 2.13. The van der Waals surface area contributed by atoms with E-state index in [4.69, 9.17) is 0 Å². The molecular formula is C9H19N. The van der Waals surface area contributed by atoms with E-state index in [1.165, 1.54) is 25.9 Å². The Morgan fingerprint density at radius 2 is 2.10 bits per heavy atom. The Labute approximate surface area is 64.4 Å². The molecule has 2 atom stereocenters. The van der Waals surface area contributed by atoms with Crippen LogP contribution in [0.3, 0.4) is 0 Å². The van der Waals surface area contributed by atoms with Gasteiger partial charge in [0.05, 0.1) is 0 Å². The number of nitrogens with zero attached hydrogens (tertiary/aromatic N) is 1. The minimum Gasteiger partial charge on any atom is -0.301 e. The van der Waals surface area contributed by atoms with Gasteiger partial charge in [0.25, 0.3) is 0 Å². The molecule has 0 aromatic rings. The predicted molar refractivity (Wildman–Crippen MR) is 45.1 cm³/mol. The molecule has 0 aromatic carbocycles. The Hall–Kier alpha value is -0.0400. The van der Waals surface area contributed by atoms with Crippen molar-refractivity contribution in [1.82, 2.24) is 4.90 Å². The van der Waals surface area contributed by atoms with Crippen molar-refractivity contribution in [3.05, 3.63) is 0 Å². The normalized spacial score (nSPS) is 36.3. The van der Waals surface area contributed by atoms with E-state index in [0.29, 0.717) is 0 Å². The van der Waals surface area contributed by atoms with E-state index in [1.807, 2.05) is 0 Å². The van der Waals surface area contributed by atoms with Crippen LogP contribution < -0.4 is 0 Å². The lowest BCUT2D eigenvalue weighted by Gasteiger charge is -2.35. The summed E-state index contributed by atoms with van der Waals surface area (Å²) in [5.41, 5.74) is 0. The molecule has 1 rings (SSSR count). The molecule has 0 amide bonds. The summed E-state index contributed by atoms with van der Waals surface area (Å²) in [6.07, 6.45) is 2.80. The van der Waals surface area contributed by atoms with Gasteiger partial charge in [-0.1, -0.05) is 13.8 Å². The number of hydrogen-bond acceptors (Lipinski definition) is 1. The lowest BCUT2D eigenvalue weighted by atomic mass is 9.93. The Morgan fingerprint density at radius 1 is 1.40 bits per heavy atom. The van der Waals surface area contributed by atoms with Crippen LogP contribution in [0.2, 0.25) is 0 Å². The minimum absolute atomic E-state index is 0.828. The second kappa shape index (κ2) is 3.38. The molecule has 1 aliphatic heterocycles. The van der Waals surface area contributed by atoms with Crippen molar-refractivity contribution in [3.63, 3.8) is 0 Å². The Kier molecular flexibility index (Phi) is 2.72. The maximum atomic E-state index is 2.57. The molecule has 0 aromatic heterocycles. The molecule has 0 aliphatic carbocycles. The topological polar surface area (TPSA) is 3.24 Å². The van der Waals surface area contributed by atoms with Crippen molar-refractivity contribution in [1.29, 1.82) is 0 Å². The zero-order chi connectivity index (χ0) is 7.56. The van der Waals surface area contributed by atoms with Crippen LogP contribution in [0.5, 0.6) is 0 Å². The fourth-order valence-electron chi connectivity index (χ4n) is 1.93. The van der Waals surface area contributed by atoms with Crippen LogP contribution in [-0.4, -0.2) is 24.0 Å². The van der Waals surface area contributed by atoms with Crippen LogP contribution in [0.1, 0.15) is 33.6 Å². The van der Waals surface area contributed by atoms with Crippen molar-refractivity contribution >= 4 is 0 Å². The minimum atomic E-state index is 0.828. The quantitative estimate of drug-likeness (QED) is 0.540. The lowest BCUT2D eigenvalue weighted by Crippen LogP contribution is -2.39. The first-order valence-corrected chi connectivity index (χ1v) is 4.48. The molecule has 1 saturated heterocycles. The van der Waals surface area contributed by atoms with E-state index in [1.54, 1.807) is 0 Å². The average molecular weight is 141 g/mol. The first kappa shape index (κ1) is 8.06. The summed E-state index contributed by atoms with van der Waals surface area (Å²) in [6, 6.07) is 0.828. The number of rotatable bonds is 1. The number of hydrogen-bond donors (Lipinski definition) is 0. The molecule has 10 heavy (non-hydrogen) atoms. The van der Waals surface area contributed by atoms with Crippen LogP contribution in [-0.2, 0) is 0 Å². The van der Waals surface area contributed by atoms with Gasteiger partial charge in [0.1, 0.15) is 0 Å². The molecule has 1 nitrogen and oxygen atoms in total. The fraction of sp³-hybridized carbons (Fsp3) is 1.00. The molecule has 0 saturated carbocycles. The standard InChI is InChI=1S/C9H19N/c1-4-10-6-5-8(2)7-9(10)3/h8-9H,4-7H2,1-3H3/t8-,9-/m0/s1. The summed E-state index contributed by atoms with van der Waals surface area (Å²) in [5.74, 6) is 0.956. The Balaban J connectivity index is 2.36. The Morgan fingerprint density at radius 3 is 2.60 bits per heavy atom. The second-order valence-corrected chi connectivity index (χ2v) is 3.61. The SMILES string of the molecule is CCN1CC[C@H](C)C[C@@H]1C. The fourth-order valence-corrected chi connectivity index (χ4v) is 1.93. The summed E-state index contributed by atoms with van der Waals surface area (Å²) in [4.78, 5) is 2.57. The van der Waals surface area contributed by atoms with Crippen LogP contribution >= 0.6 is 0 Å². The van der Waals surface area contributed by atoms with E-state index in [9.17, 15) is 0 Å². The molecule has 0 bridgehead atoms. The third-order valence-electron chi connectivity index (χ3n) is 2.68. The van der Waals surface area contributed by atoms with E-state index < -0.39 is 0 Å². The molecule has 1 heterocycles.